The predicted molar refractivity (Wildman–Crippen MR) is 423 cm³/mol. The van der Waals surface area contributed by atoms with E-state index in [2.05, 4.69) is 310 Å². The van der Waals surface area contributed by atoms with Gasteiger partial charge < -0.3 is 0 Å². The molecule has 1 saturated carbocycles. The van der Waals surface area contributed by atoms with Gasteiger partial charge in [-0.15, -0.1) is 0 Å². The van der Waals surface area contributed by atoms with Crippen LogP contribution >= 0.6 is 0 Å². The maximum atomic E-state index is 2.44. The molecule has 0 radical (unpaired) electrons. The van der Waals surface area contributed by atoms with E-state index in [-0.39, 0.29) is 36.5 Å². The van der Waals surface area contributed by atoms with Crippen LogP contribution in [0.5, 0.6) is 0 Å². The third kappa shape index (κ3) is 15.5. The predicted octanol–water partition coefficient (Wildman–Crippen LogP) is 27.9. The van der Waals surface area contributed by atoms with Crippen molar-refractivity contribution >= 4 is 10.8 Å². The maximum absolute atomic E-state index is 2.44. The minimum Gasteiger partial charge on any atom is -0.0842 e. The quantitative estimate of drug-likeness (QED) is 0.105. The lowest BCUT2D eigenvalue weighted by Crippen LogP contribution is -2.39. The maximum Gasteiger partial charge on any atom is 0.0262 e. The molecule has 8 aromatic carbocycles. The summed E-state index contributed by atoms with van der Waals surface area (Å²) in [6.07, 6.45) is 28.5. The van der Waals surface area contributed by atoms with E-state index in [9.17, 15) is 0 Å². The van der Waals surface area contributed by atoms with Gasteiger partial charge in [-0.1, -0.05) is 337 Å². The fourth-order valence-corrected chi connectivity index (χ4v) is 19.0. The standard InChI is InChI=1S/2C21H24.C19H22.C19H24.C15H22.2CH4/c1-21(2,3)20-18-10-6-4-8-16(18)14-12-15(13-14)17-9-5-7-11-19(17)20;1-20(2,3)21-14-16(17-9-5-7-11-19(17)21)13-12-15-8-4-6-10-18(15)21;1-19(2,3)18-16-8-4-6-14(12-16)10-11-15-7-5-9-17(18)13-15;1-19(2,3)18-11-7-6-10-16-15-9-5-4-8-14(15)12-13-17(16)18;1-15(2,3)14-10-6-9-12-7-4-5-8-13(12)11-14;;/h4-11,14-15,20H,12-13H2,1-3H3;4-11,16H,12-14H2,1-3H3;4-9,12-13,18H,10-11H2,1-3H3;4-5,8-9,12-13,18H,6-7,10-11H2,1-3H3;4,6-7,10,14H,5,8-9,11H2,1-3H3;2*1H4. The van der Waals surface area contributed by atoms with Crippen LogP contribution in [0.2, 0.25) is 0 Å². The highest BCUT2D eigenvalue weighted by molar-refractivity contribution is 5.87. The molecule has 17 rings (SSSR count). The van der Waals surface area contributed by atoms with Gasteiger partial charge in [0.15, 0.2) is 0 Å². The fourth-order valence-electron chi connectivity index (χ4n) is 19.0. The van der Waals surface area contributed by atoms with E-state index in [4.69, 9.17) is 0 Å². The normalized spacial score (nSPS) is 22.7. The number of hydrogen-bond donors (Lipinski definition) is 0. The van der Waals surface area contributed by atoms with Gasteiger partial charge in [0.2, 0.25) is 0 Å². The molecule has 0 aromatic heterocycles. The molecule has 4 unspecified atom stereocenters. The van der Waals surface area contributed by atoms with Gasteiger partial charge in [-0.05, 0) is 241 Å². The summed E-state index contributed by atoms with van der Waals surface area (Å²) in [5.74, 6) is 4.70. The molecular formula is C97H124. The summed E-state index contributed by atoms with van der Waals surface area (Å²) in [4.78, 5) is 0. The Labute approximate surface area is 591 Å². The molecule has 0 heteroatoms. The monoisotopic (exact) mass is 1290 g/mol. The lowest BCUT2D eigenvalue weighted by molar-refractivity contribution is 0.220. The van der Waals surface area contributed by atoms with Crippen LogP contribution in [0, 0.1) is 33.0 Å². The molecule has 0 saturated heterocycles. The molecule has 0 nitrogen and oxygen atoms in total. The molecular weight excluding hydrogens is 1170 g/mol. The minimum absolute atomic E-state index is 0. The van der Waals surface area contributed by atoms with Crippen molar-refractivity contribution in [3.05, 3.63) is 295 Å². The smallest absolute Gasteiger partial charge is 0.0262 e. The Morgan fingerprint density at radius 1 is 0.412 bits per heavy atom. The largest absolute Gasteiger partial charge is 0.0842 e. The molecule has 4 atom stereocenters. The first-order chi connectivity index (χ1) is 45.3. The van der Waals surface area contributed by atoms with E-state index in [0.29, 0.717) is 28.6 Å². The number of rotatable bonds is 0. The fraction of sp³-hybridized carbons (Fsp3) is 0.464. The van der Waals surface area contributed by atoms with Crippen LogP contribution in [0.4, 0.5) is 0 Å². The average Bonchev–Trinajstić information content (AvgIpc) is 1.59. The molecule has 1 fully saturated rings. The Bertz CT molecular complexity index is 3960. The summed E-state index contributed by atoms with van der Waals surface area (Å²) in [7, 11) is 0. The van der Waals surface area contributed by atoms with E-state index >= 15 is 0 Å². The van der Waals surface area contributed by atoms with Crippen molar-refractivity contribution in [1.82, 2.24) is 0 Å². The van der Waals surface area contributed by atoms with Crippen LogP contribution in [-0.2, 0) is 31.1 Å². The Morgan fingerprint density at radius 3 is 1.56 bits per heavy atom. The highest BCUT2D eigenvalue weighted by Crippen LogP contribution is 2.62. The van der Waals surface area contributed by atoms with Gasteiger partial charge in [0.05, 0.1) is 0 Å². The summed E-state index contributed by atoms with van der Waals surface area (Å²) in [6.45, 7) is 35.7. The van der Waals surface area contributed by atoms with Gasteiger partial charge in [-0.25, -0.2) is 0 Å². The number of aryl methyl sites for hydroxylation is 4. The van der Waals surface area contributed by atoms with Gasteiger partial charge >= 0.3 is 0 Å². The number of fused-ring (bicyclic) bond motifs is 14. The molecule has 0 aliphatic heterocycles. The summed E-state index contributed by atoms with van der Waals surface area (Å²) >= 11 is 0. The van der Waals surface area contributed by atoms with Crippen LogP contribution in [-0.4, -0.2) is 0 Å². The number of benzene rings is 8. The van der Waals surface area contributed by atoms with Crippen molar-refractivity contribution in [2.24, 2.45) is 33.0 Å². The second-order valence-electron chi connectivity index (χ2n) is 35.4. The Kier molecular flexibility index (Phi) is 22.3. The second kappa shape index (κ2) is 29.6. The lowest BCUT2D eigenvalue weighted by atomic mass is 9.59. The number of hydrogen-bond acceptors (Lipinski definition) is 0. The molecule has 97 heavy (non-hydrogen) atoms. The minimum atomic E-state index is 0. The third-order valence-corrected chi connectivity index (χ3v) is 23.9. The van der Waals surface area contributed by atoms with Crippen LogP contribution < -0.4 is 0 Å². The Balaban J connectivity index is 0.000000132. The third-order valence-electron chi connectivity index (χ3n) is 23.9. The van der Waals surface area contributed by atoms with Gasteiger partial charge in [0.25, 0.3) is 0 Å². The SMILES string of the molecule is C.C.CC(C)(C)C12CC(CCc3ccccc31)c1ccccc12.CC(C)(C)C1C=CCC2=C(CCC=C2)C1.CC(C)(C)C1CCCCc2c1ccc1ccccc21.CC(C)(C)C1c2cccc(c2)CCc2cccc1c2.CC(C)(C)C1c2ccccc2C2CC(C2)c2ccccc21. The van der Waals surface area contributed by atoms with E-state index < -0.39 is 0 Å². The zero-order valence-corrected chi connectivity index (χ0v) is 61.3. The number of allylic oxidation sites excluding steroid dienone is 6. The molecule has 8 aromatic rings. The molecule has 9 aliphatic carbocycles. The van der Waals surface area contributed by atoms with Crippen molar-refractivity contribution in [2.75, 3.05) is 0 Å². The average molecular weight is 1290 g/mol. The molecule has 512 valence electrons. The summed E-state index contributed by atoms with van der Waals surface area (Å²) in [5.41, 5.74) is 26.8. The Hall–Kier alpha value is -6.76. The van der Waals surface area contributed by atoms with E-state index in [1.165, 1.54) is 110 Å². The van der Waals surface area contributed by atoms with Gasteiger partial charge in [0.1, 0.15) is 0 Å². The van der Waals surface area contributed by atoms with Crippen LogP contribution in [0.25, 0.3) is 10.8 Å². The molecule has 0 N–H and O–H groups in total. The van der Waals surface area contributed by atoms with E-state index in [0.717, 1.165) is 42.9 Å². The first-order valence-corrected chi connectivity index (χ1v) is 37.4. The van der Waals surface area contributed by atoms with Crippen molar-refractivity contribution in [2.45, 2.75) is 256 Å². The van der Waals surface area contributed by atoms with Gasteiger partial charge in [-0.2, -0.15) is 0 Å². The molecule has 0 amide bonds. The van der Waals surface area contributed by atoms with Crippen molar-refractivity contribution < 1.29 is 0 Å². The first-order valence-electron chi connectivity index (χ1n) is 37.4. The second-order valence-corrected chi connectivity index (χ2v) is 35.4. The van der Waals surface area contributed by atoms with E-state index in [1.807, 2.05) is 0 Å². The molecule has 0 heterocycles. The van der Waals surface area contributed by atoms with Crippen molar-refractivity contribution in [3.63, 3.8) is 0 Å². The van der Waals surface area contributed by atoms with E-state index in [1.54, 1.807) is 66.8 Å². The molecule has 8 bridgehead atoms. The topological polar surface area (TPSA) is 0 Å². The van der Waals surface area contributed by atoms with Gasteiger partial charge in [-0.3, -0.25) is 0 Å². The molecule has 0 spiro atoms. The summed E-state index contributed by atoms with van der Waals surface area (Å²) in [5, 5.41) is 2.88. The lowest BCUT2D eigenvalue weighted by Gasteiger charge is -2.45. The molecule has 9 aliphatic rings. The van der Waals surface area contributed by atoms with Gasteiger partial charge in [0, 0.05) is 17.3 Å². The summed E-state index contributed by atoms with van der Waals surface area (Å²) in [6, 6.07) is 68.7. The first kappa shape index (κ1) is 73.0. The zero-order chi connectivity index (χ0) is 67.1. The van der Waals surface area contributed by atoms with Crippen molar-refractivity contribution in [1.29, 1.82) is 0 Å². The summed E-state index contributed by atoms with van der Waals surface area (Å²) < 4.78 is 0. The van der Waals surface area contributed by atoms with Crippen LogP contribution in [0.1, 0.15) is 303 Å². The van der Waals surface area contributed by atoms with Crippen LogP contribution in [0.15, 0.2) is 217 Å². The zero-order valence-electron chi connectivity index (χ0n) is 61.3. The highest BCUT2D eigenvalue weighted by Gasteiger charge is 2.54. The Morgan fingerprint density at radius 2 is 0.969 bits per heavy atom. The van der Waals surface area contributed by atoms with Crippen molar-refractivity contribution in [3.8, 4) is 0 Å². The van der Waals surface area contributed by atoms with Crippen LogP contribution in [0.3, 0.4) is 0 Å². The highest BCUT2D eigenvalue weighted by atomic mass is 14.6.